The number of aliphatic hydroxyl groups is 2. The van der Waals surface area contributed by atoms with E-state index in [0.29, 0.717) is 0 Å². The van der Waals surface area contributed by atoms with Gasteiger partial charge in [-0.2, -0.15) is 0 Å². The number of hydrogen-bond acceptors (Lipinski definition) is 9. The number of carbonyl (C=O) groups excluding carboxylic acids is 4. The molecule has 258 valence electrons. The standard InChI is InChI=1S/C38H52O9/c1-15(2)18(22-29(42)35(7,8)33(45)36(9,10)30(22)43)20-26(40)21-19(16(3)4)23-31(44)37(11,12)34(46)38(13,14)32(23)47-28(21)24(27(20)41)25(39)17(5)6/h15-19,34,40-42,46H,1-14H3. The summed E-state index contributed by atoms with van der Waals surface area (Å²) in [6, 6.07) is 0. The van der Waals surface area contributed by atoms with Gasteiger partial charge in [0.05, 0.1) is 27.8 Å². The highest BCUT2D eigenvalue weighted by Gasteiger charge is 2.59. The zero-order valence-corrected chi connectivity index (χ0v) is 30.3. The summed E-state index contributed by atoms with van der Waals surface area (Å²) in [5.41, 5.74) is -5.38. The van der Waals surface area contributed by atoms with Gasteiger partial charge in [0.1, 0.15) is 34.3 Å². The third kappa shape index (κ3) is 4.81. The van der Waals surface area contributed by atoms with Crippen molar-refractivity contribution in [3.63, 3.8) is 0 Å². The number of Topliss-reactive ketones (excluding diaryl/α,β-unsaturated/α-hetero) is 4. The fraction of sp³-hybridized carbons (Fsp3) is 0.632. The van der Waals surface area contributed by atoms with Crippen molar-refractivity contribution >= 4 is 23.1 Å². The Labute approximate surface area is 278 Å². The molecule has 3 aliphatic rings. The zero-order valence-electron chi connectivity index (χ0n) is 30.3. The van der Waals surface area contributed by atoms with E-state index in [1.165, 1.54) is 27.7 Å². The first-order valence-electron chi connectivity index (χ1n) is 16.6. The van der Waals surface area contributed by atoms with E-state index in [1.807, 2.05) is 13.8 Å². The highest BCUT2D eigenvalue weighted by molar-refractivity contribution is 6.19. The van der Waals surface area contributed by atoms with Crippen molar-refractivity contribution in [1.29, 1.82) is 0 Å². The number of benzene rings is 1. The van der Waals surface area contributed by atoms with Gasteiger partial charge in [0.25, 0.3) is 0 Å². The Morgan fingerprint density at radius 1 is 0.766 bits per heavy atom. The smallest absolute Gasteiger partial charge is 0.175 e. The molecule has 3 atom stereocenters. The van der Waals surface area contributed by atoms with E-state index in [4.69, 9.17) is 4.74 Å². The van der Waals surface area contributed by atoms with E-state index in [0.717, 1.165) is 0 Å². The van der Waals surface area contributed by atoms with Crippen LogP contribution in [0.5, 0.6) is 17.2 Å². The number of fused-ring (bicyclic) bond motifs is 1. The van der Waals surface area contributed by atoms with Crippen LogP contribution in [0.3, 0.4) is 0 Å². The van der Waals surface area contributed by atoms with E-state index < -0.39 is 86.0 Å². The molecule has 0 saturated heterocycles. The summed E-state index contributed by atoms with van der Waals surface area (Å²) in [4.78, 5) is 55.8. The summed E-state index contributed by atoms with van der Waals surface area (Å²) in [7, 11) is 0. The van der Waals surface area contributed by atoms with Crippen LogP contribution in [0, 0.1) is 39.4 Å². The lowest BCUT2D eigenvalue weighted by atomic mass is 9.57. The van der Waals surface area contributed by atoms with Gasteiger partial charge in [-0.25, -0.2) is 0 Å². The van der Waals surface area contributed by atoms with Crippen LogP contribution in [-0.4, -0.2) is 49.7 Å². The van der Waals surface area contributed by atoms with Crippen LogP contribution in [0.25, 0.3) is 0 Å². The Morgan fingerprint density at radius 2 is 1.30 bits per heavy atom. The van der Waals surface area contributed by atoms with Gasteiger partial charge in [0.2, 0.25) is 0 Å². The number of aromatic hydroxyl groups is 2. The first-order chi connectivity index (χ1) is 21.2. The summed E-state index contributed by atoms with van der Waals surface area (Å²) < 4.78 is 6.48. The van der Waals surface area contributed by atoms with Gasteiger partial charge in [0, 0.05) is 40.0 Å². The lowest BCUT2D eigenvalue weighted by Crippen LogP contribution is -2.54. The molecule has 47 heavy (non-hydrogen) atoms. The maximum absolute atomic E-state index is 14.2. The maximum atomic E-state index is 14.2. The molecule has 0 fully saturated rings. The first-order valence-corrected chi connectivity index (χ1v) is 16.6. The van der Waals surface area contributed by atoms with E-state index in [2.05, 4.69) is 0 Å². The van der Waals surface area contributed by atoms with Gasteiger partial charge in [-0.3, -0.25) is 19.2 Å². The van der Waals surface area contributed by atoms with Crippen molar-refractivity contribution in [3.05, 3.63) is 39.4 Å². The number of allylic oxidation sites excluding steroid dienone is 3. The largest absolute Gasteiger partial charge is 0.511 e. The molecule has 2 aliphatic carbocycles. The molecule has 0 radical (unpaired) electrons. The maximum Gasteiger partial charge on any atom is 0.175 e. The molecule has 0 bridgehead atoms. The molecule has 0 aromatic heterocycles. The molecule has 0 saturated carbocycles. The first kappa shape index (κ1) is 36.4. The number of phenols is 2. The number of ether oxygens (including phenoxy) is 1. The Hall–Kier alpha value is -3.46. The van der Waals surface area contributed by atoms with Crippen molar-refractivity contribution in [3.8, 4) is 17.2 Å². The molecule has 9 heteroatoms. The monoisotopic (exact) mass is 652 g/mol. The van der Waals surface area contributed by atoms with Crippen molar-refractivity contribution in [2.75, 3.05) is 0 Å². The Morgan fingerprint density at radius 3 is 1.77 bits per heavy atom. The van der Waals surface area contributed by atoms with Gasteiger partial charge >= 0.3 is 0 Å². The van der Waals surface area contributed by atoms with Gasteiger partial charge in [-0.1, -0.05) is 69.2 Å². The minimum atomic E-state index is -1.52. The quantitative estimate of drug-likeness (QED) is 0.186. The second kappa shape index (κ2) is 11.0. The summed E-state index contributed by atoms with van der Waals surface area (Å²) in [6.07, 6.45) is -1.15. The van der Waals surface area contributed by atoms with Crippen LogP contribution in [0.15, 0.2) is 22.7 Å². The number of phenolic OH excluding ortho intramolecular Hbond substituents is 2. The summed E-state index contributed by atoms with van der Waals surface area (Å²) in [6.45, 7) is 23.4. The number of ketones is 4. The van der Waals surface area contributed by atoms with Crippen LogP contribution >= 0.6 is 0 Å². The zero-order chi connectivity index (χ0) is 36.3. The molecule has 0 amide bonds. The van der Waals surface area contributed by atoms with Gasteiger partial charge in [-0.05, 0) is 39.5 Å². The highest BCUT2D eigenvalue weighted by atomic mass is 16.5. The lowest BCUT2D eigenvalue weighted by Gasteiger charge is -2.50. The van der Waals surface area contributed by atoms with E-state index in [-0.39, 0.29) is 51.0 Å². The molecule has 1 aromatic carbocycles. The van der Waals surface area contributed by atoms with E-state index >= 15 is 0 Å². The SMILES string of the molecule is CC(C)C(=O)c1c(O)c(C(C2=C(O)C(C)(C)C(=O)C(C)(C)C2=O)C(C)C)c(O)c2c1OC1=C(C(=O)C(C)(C)C(O)C1(C)C)C2C(C)C. The third-order valence-electron chi connectivity index (χ3n) is 10.8. The molecule has 4 rings (SSSR count). The van der Waals surface area contributed by atoms with Crippen LogP contribution in [0.4, 0.5) is 0 Å². The molecule has 1 aliphatic heterocycles. The van der Waals surface area contributed by atoms with E-state index in [9.17, 15) is 39.6 Å². The average Bonchev–Trinajstić information content (AvgIpc) is 2.96. The summed E-state index contributed by atoms with van der Waals surface area (Å²) in [5, 5.41) is 47.6. The minimum absolute atomic E-state index is 0.0980. The summed E-state index contributed by atoms with van der Waals surface area (Å²) in [5.74, 6) is -6.91. The van der Waals surface area contributed by atoms with Crippen molar-refractivity contribution in [2.45, 2.75) is 115 Å². The fourth-order valence-corrected chi connectivity index (χ4v) is 8.15. The fourth-order valence-electron chi connectivity index (χ4n) is 8.15. The summed E-state index contributed by atoms with van der Waals surface area (Å²) >= 11 is 0. The van der Waals surface area contributed by atoms with Gasteiger partial charge in [-0.15, -0.1) is 0 Å². The molecule has 0 spiro atoms. The Bertz CT molecular complexity index is 1660. The van der Waals surface area contributed by atoms with Gasteiger partial charge in [0.15, 0.2) is 23.1 Å². The lowest BCUT2D eigenvalue weighted by molar-refractivity contribution is -0.145. The topological polar surface area (TPSA) is 158 Å². The molecular weight excluding hydrogens is 600 g/mol. The Balaban J connectivity index is 2.23. The van der Waals surface area contributed by atoms with Crippen LogP contribution in [0.1, 0.15) is 130 Å². The van der Waals surface area contributed by atoms with Crippen LogP contribution in [-0.2, 0) is 14.4 Å². The van der Waals surface area contributed by atoms with E-state index in [1.54, 1.807) is 55.4 Å². The van der Waals surface area contributed by atoms with Crippen molar-refractivity contribution in [1.82, 2.24) is 0 Å². The van der Waals surface area contributed by atoms with Crippen LogP contribution < -0.4 is 4.74 Å². The van der Waals surface area contributed by atoms with Crippen LogP contribution in [0.2, 0.25) is 0 Å². The number of carbonyl (C=O) groups is 4. The highest BCUT2D eigenvalue weighted by Crippen LogP contribution is 2.62. The molecular formula is C38H52O9. The average molecular weight is 653 g/mol. The molecule has 1 aromatic rings. The Kier molecular flexibility index (Phi) is 8.55. The number of aliphatic hydroxyl groups excluding tert-OH is 2. The molecule has 1 heterocycles. The third-order valence-corrected chi connectivity index (χ3v) is 10.8. The molecule has 4 N–H and O–H groups in total. The number of hydrogen-bond donors (Lipinski definition) is 4. The number of rotatable bonds is 6. The van der Waals surface area contributed by atoms with Crippen molar-refractivity contribution < 1.29 is 44.3 Å². The second-order valence-corrected chi connectivity index (χ2v) is 16.9. The predicted molar refractivity (Wildman–Crippen MR) is 178 cm³/mol. The normalized spacial score (nSPS) is 25.3. The molecule has 3 unspecified atom stereocenters. The minimum Gasteiger partial charge on any atom is -0.511 e. The van der Waals surface area contributed by atoms with Crippen molar-refractivity contribution in [2.24, 2.45) is 39.4 Å². The van der Waals surface area contributed by atoms with Gasteiger partial charge < -0.3 is 25.2 Å². The second-order valence-electron chi connectivity index (χ2n) is 16.9. The predicted octanol–water partition coefficient (Wildman–Crippen LogP) is 7.07. The molecule has 9 nitrogen and oxygen atoms in total.